The van der Waals surface area contributed by atoms with Gasteiger partial charge in [-0.2, -0.15) is 0 Å². The molecule has 1 aliphatic heterocycles. The number of methoxy groups -OCH3 is 1. The number of carbonyl (C=O) groups is 2. The third-order valence-electron chi connectivity index (χ3n) is 3.47. The van der Waals surface area contributed by atoms with Crippen molar-refractivity contribution in [1.29, 1.82) is 0 Å². The maximum absolute atomic E-state index is 12.4. The van der Waals surface area contributed by atoms with Crippen LogP contribution in [0.5, 0.6) is 5.75 Å². The molecule has 1 aliphatic rings. The largest absolute Gasteiger partial charge is 0.492 e. The average molecular weight is 277 g/mol. The summed E-state index contributed by atoms with van der Waals surface area (Å²) in [6, 6.07) is 7.71. The number of amides is 1. The molecule has 20 heavy (non-hydrogen) atoms. The van der Waals surface area contributed by atoms with Gasteiger partial charge in [0.25, 0.3) is 0 Å². The van der Waals surface area contributed by atoms with E-state index in [2.05, 4.69) is 4.74 Å². The number of nitrogens with zero attached hydrogens (tertiary/aromatic N) is 1. The normalized spacial score (nSPS) is 16.8. The second kappa shape index (κ2) is 6.41. The van der Waals surface area contributed by atoms with Crippen molar-refractivity contribution in [1.82, 2.24) is 4.90 Å². The molecular formula is C15H19NO4. The second-order valence-electron chi connectivity index (χ2n) is 4.75. The van der Waals surface area contributed by atoms with Gasteiger partial charge in [-0.05, 0) is 25.0 Å². The Kier molecular flexibility index (Phi) is 4.61. The van der Waals surface area contributed by atoms with Crippen molar-refractivity contribution in [2.24, 2.45) is 5.92 Å². The summed E-state index contributed by atoms with van der Waals surface area (Å²) < 4.78 is 10.2. The summed E-state index contributed by atoms with van der Waals surface area (Å²) in [5.74, 6) is 0.131. The highest BCUT2D eigenvalue weighted by molar-refractivity contribution is 5.84. The molecule has 0 aliphatic carbocycles. The molecule has 0 bridgehead atoms. The minimum atomic E-state index is -0.405. The highest BCUT2D eigenvalue weighted by Crippen LogP contribution is 2.27. The Balaban J connectivity index is 2.04. The minimum Gasteiger partial charge on any atom is -0.492 e. The molecule has 1 aromatic carbocycles. The van der Waals surface area contributed by atoms with Crippen molar-refractivity contribution >= 4 is 11.9 Å². The van der Waals surface area contributed by atoms with Crippen LogP contribution in [-0.4, -0.2) is 43.6 Å². The van der Waals surface area contributed by atoms with Crippen LogP contribution in [0.15, 0.2) is 24.3 Å². The Labute approximate surface area is 118 Å². The molecule has 5 nitrogen and oxygen atoms in total. The highest BCUT2D eigenvalue weighted by atomic mass is 16.5. The number of hydrogen-bond acceptors (Lipinski definition) is 4. The van der Waals surface area contributed by atoms with Crippen molar-refractivity contribution < 1.29 is 19.1 Å². The van der Waals surface area contributed by atoms with Crippen LogP contribution in [0, 0.1) is 5.92 Å². The van der Waals surface area contributed by atoms with E-state index in [0.29, 0.717) is 19.6 Å². The fourth-order valence-corrected chi connectivity index (χ4v) is 2.31. The fraction of sp³-hybridized carbons (Fsp3) is 0.467. The zero-order chi connectivity index (χ0) is 14.5. The number of hydrogen-bond donors (Lipinski definition) is 0. The first-order valence-corrected chi connectivity index (χ1v) is 6.72. The van der Waals surface area contributed by atoms with Crippen LogP contribution in [0.25, 0.3) is 0 Å². The molecule has 0 radical (unpaired) electrons. The summed E-state index contributed by atoms with van der Waals surface area (Å²) in [5, 5.41) is 0. The average Bonchev–Trinajstić information content (AvgIpc) is 2.51. The molecule has 5 heteroatoms. The van der Waals surface area contributed by atoms with Crippen LogP contribution in [0.1, 0.15) is 12.5 Å². The Bertz CT molecular complexity index is 500. The van der Waals surface area contributed by atoms with Crippen LogP contribution in [0.4, 0.5) is 0 Å². The maximum atomic E-state index is 12.4. The topological polar surface area (TPSA) is 55.8 Å². The lowest BCUT2D eigenvalue weighted by molar-refractivity contribution is -0.149. The summed E-state index contributed by atoms with van der Waals surface area (Å²) in [4.78, 5) is 25.3. The van der Waals surface area contributed by atoms with E-state index in [1.807, 2.05) is 31.2 Å². The molecule has 1 amide bonds. The predicted molar refractivity (Wildman–Crippen MR) is 73.4 cm³/mol. The summed E-state index contributed by atoms with van der Waals surface area (Å²) in [5.41, 5.74) is 1.03. The van der Waals surface area contributed by atoms with Gasteiger partial charge in [0.2, 0.25) is 5.91 Å². The Morgan fingerprint density at radius 2 is 2.15 bits per heavy atom. The molecule has 1 unspecified atom stereocenters. The molecule has 1 atom stereocenters. The summed E-state index contributed by atoms with van der Waals surface area (Å²) in [6.45, 7) is 2.67. The number of likely N-dealkylation sites (N-methyl/N-ethyl adjacent to an activating group) is 1. The minimum absolute atomic E-state index is 0.00994. The molecule has 0 spiro atoms. The third kappa shape index (κ3) is 3.10. The Hall–Kier alpha value is -2.04. The van der Waals surface area contributed by atoms with E-state index in [1.165, 1.54) is 12.0 Å². The molecule has 1 aromatic rings. The number of rotatable bonds is 4. The highest BCUT2D eigenvalue weighted by Gasteiger charge is 2.29. The number of fused-ring (bicyclic) bond motifs is 1. The van der Waals surface area contributed by atoms with Crippen LogP contribution in [-0.2, 0) is 20.7 Å². The molecule has 0 N–H and O–H groups in total. The molecule has 0 fully saturated rings. The van der Waals surface area contributed by atoms with E-state index in [-0.39, 0.29) is 18.4 Å². The van der Waals surface area contributed by atoms with Crippen molar-refractivity contribution in [3.63, 3.8) is 0 Å². The van der Waals surface area contributed by atoms with Crippen molar-refractivity contribution in [3.8, 4) is 5.75 Å². The fourth-order valence-electron chi connectivity index (χ4n) is 2.31. The molecule has 2 rings (SSSR count). The third-order valence-corrected chi connectivity index (χ3v) is 3.47. The quantitative estimate of drug-likeness (QED) is 0.777. The van der Waals surface area contributed by atoms with Crippen LogP contribution < -0.4 is 4.74 Å². The lowest BCUT2D eigenvalue weighted by Gasteiger charge is -2.29. The number of esters is 1. The second-order valence-corrected chi connectivity index (χ2v) is 4.75. The summed E-state index contributed by atoms with van der Waals surface area (Å²) in [6.07, 6.45) is 0.646. The SMILES string of the molecule is CCN(CC(=O)OC)C(=O)C1COc2ccccc2C1. The molecule has 0 aromatic heterocycles. The van der Waals surface area contributed by atoms with Gasteiger partial charge in [-0.15, -0.1) is 0 Å². The Morgan fingerprint density at radius 1 is 1.40 bits per heavy atom. The van der Waals surface area contributed by atoms with Gasteiger partial charge in [0.05, 0.1) is 13.0 Å². The van der Waals surface area contributed by atoms with Crippen LogP contribution >= 0.6 is 0 Å². The van der Waals surface area contributed by atoms with Crippen molar-refractivity contribution in [3.05, 3.63) is 29.8 Å². The van der Waals surface area contributed by atoms with E-state index >= 15 is 0 Å². The first kappa shape index (κ1) is 14.4. The van der Waals surface area contributed by atoms with Gasteiger partial charge in [0.1, 0.15) is 18.9 Å². The van der Waals surface area contributed by atoms with E-state index in [4.69, 9.17) is 4.74 Å². The maximum Gasteiger partial charge on any atom is 0.325 e. The molecule has 0 saturated carbocycles. The van der Waals surface area contributed by atoms with Crippen LogP contribution in [0.2, 0.25) is 0 Å². The van der Waals surface area contributed by atoms with Crippen LogP contribution in [0.3, 0.4) is 0 Å². The monoisotopic (exact) mass is 277 g/mol. The van der Waals surface area contributed by atoms with Gasteiger partial charge in [0, 0.05) is 6.54 Å². The van der Waals surface area contributed by atoms with E-state index in [0.717, 1.165) is 11.3 Å². The predicted octanol–water partition coefficient (Wildman–Crippen LogP) is 1.26. The zero-order valence-corrected chi connectivity index (χ0v) is 11.8. The number of carbonyl (C=O) groups excluding carboxylic acids is 2. The van der Waals surface area contributed by atoms with Gasteiger partial charge >= 0.3 is 5.97 Å². The van der Waals surface area contributed by atoms with Gasteiger partial charge < -0.3 is 14.4 Å². The lowest BCUT2D eigenvalue weighted by Crippen LogP contribution is -2.43. The summed E-state index contributed by atoms with van der Waals surface area (Å²) in [7, 11) is 1.32. The molecule has 108 valence electrons. The number of ether oxygens (including phenoxy) is 2. The molecule has 1 heterocycles. The van der Waals surface area contributed by atoms with Crippen molar-refractivity contribution in [2.75, 3.05) is 26.8 Å². The van der Waals surface area contributed by atoms with Gasteiger partial charge in [-0.1, -0.05) is 18.2 Å². The van der Waals surface area contributed by atoms with E-state index in [9.17, 15) is 9.59 Å². The number of para-hydroxylation sites is 1. The zero-order valence-electron chi connectivity index (χ0n) is 11.8. The Morgan fingerprint density at radius 3 is 2.85 bits per heavy atom. The molecular weight excluding hydrogens is 258 g/mol. The first-order valence-electron chi connectivity index (χ1n) is 6.72. The molecule has 0 saturated heterocycles. The smallest absolute Gasteiger partial charge is 0.325 e. The standard InChI is InChI=1S/C15H19NO4/c1-3-16(9-14(17)19-2)15(18)12-8-11-6-4-5-7-13(11)20-10-12/h4-7,12H,3,8-10H2,1-2H3. The lowest BCUT2D eigenvalue weighted by atomic mass is 9.95. The van der Waals surface area contributed by atoms with Crippen molar-refractivity contribution in [2.45, 2.75) is 13.3 Å². The van der Waals surface area contributed by atoms with E-state index in [1.54, 1.807) is 0 Å². The number of benzene rings is 1. The summed E-state index contributed by atoms with van der Waals surface area (Å²) >= 11 is 0. The van der Waals surface area contributed by atoms with Gasteiger partial charge in [-0.3, -0.25) is 9.59 Å². The first-order chi connectivity index (χ1) is 9.65. The van der Waals surface area contributed by atoms with Gasteiger partial charge in [-0.25, -0.2) is 0 Å². The van der Waals surface area contributed by atoms with Gasteiger partial charge in [0.15, 0.2) is 0 Å². The van der Waals surface area contributed by atoms with E-state index < -0.39 is 5.97 Å².